The van der Waals surface area contributed by atoms with Crippen LogP contribution < -0.4 is 11.1 Å². The minimum atomic E-state index is -0.965. The van der Waals surface area contributed by atoms with Gasteiger partial charge in [-0.1, -0.05) is 24.3 Å². The molecule has 2 aromatic rings. The number of rotatable bonds is 4. The summed E-state index contributed by atoms with van der Waals surface area (Å²) in [5.74, 6) is -0.965. The van der Waals surface area contributed by atoms with Crippen LogP contribution in [-0.4, -0.2) is 11.1 Å². The zero-order valence-corrected chi connectivity index (χ0v) is 10.7. The van der Waals surface area contributed by atoms with Crippen LogP contribution in [0.25, 0.3) is 0 Å². The summed E-state index contributed by atoms with van der Waals surface area (Å²) in [4.78, 5) is 11.1. The Morgan fingerprint density at radius 3 is 2.68 bits per heavy atom. The number of hydrogen-bond acceptors (Lipinski definition) is 3. The fraction of sp³-hybridized carbons (Fsp3) is 0.133. The Labute approximate surface area is 111 Å². The number of aryl methyl sites for hydroxylation is 1. The molecule has 0 unspecified atom stereocenters. The Bertz CT molecular complexity index is 609. The molecule has 0 bridgehead atoms. The van der Waals surface area contributed by atoms with Crippen LogP contribution in [0.4, 0.5) is 11.4 Å². The number of aromatic carboxylic acids is 1. The van der Waals surface area contributed by atoms with Gasteiger partial charge in [0.1, 0.15) is 0 Å². The summed E-state index contributed by atoms with van der Waals surface area (Å²) in [7, 11) is 0. The highest BCUT2D eigenvalue weighted by Crippen LogP contribution is 2.20. The quantitative estimate of drug-likeness (QED) is 0.735. The van der Waals surface area contributed by atoms with Gasteiger partial charge in [0.2, 0.25) is 0 Å². The molecule has 4 N–H and O–H groups in total. The normalized spacial score (nSPS) is 10.2. The molecule has 4 nitrogen and oxygen atoms in total. The van der Waals surface area contributed by atoms with E-state index in [2.05, 4.69) is 5.32 Å². The van der Waals surface area contributed by atoms with Crippen molar-refractivity contribution in [3.8, 4) is 0 Å². The predicted molar refractivity (Wildman–Crippen MR) is 76.3 cm³/mol. The van der Waals surface area contributed by atoms with Crippen molar-refractivity contribution in [1.82, 2.24) is 0 Å². The lowest BCUT2D eigenvalue weighted by Gasteiger charge is -2.12. The average Bonchev–Trinajstić information content (AvgIpc) is 2.37. The van der Waals surface area contributed by atoms with E-state index < -0.39 is 5.97 Å². The van der Waals surface area contributed by atoms with Gasteiger partial charge in [0.15, 0.2) is 0 Å². The molecule has 19 heavy (non-hydrogen) atoms. The van der Waals surface area contributed by atoms with E-state index in [9.17, 15) is 4.79 Å². The van der Waals surface area contributed by atoms with Gasteiger partial charge < -0.3 is 16.2 Å². The lowest BCUT2D eigenvalue weighted by molar-refractivity contribution is 0.0698. The molecule has 0 radical (unpaired) electrons. The molecule has 0 amide bonds. The molecule has 0 saturated carbocycles. The van der Waals surface area contributed by atoms with Crippen molar-refractivity contribution in [2.24, 2.45) is 0 Å². The Morgan fingerprint density at radius 2 is 2.00 bits per heavy atom. The minimum Gasteiger partial charge on any atom is -0.478 e. The molecule has 0 aromatic heterocycles. The maximum Gasteiger partial charge on any atom is 0.337 e. The summed E-state index contributed by atoms with van der Waals surface area (Å²) in [5.41, 5.74) is 9.28. The number of anilines is 2. The Balaban J connectivity index is 2.22. The first-order chi connectivity index (χ1) is 9.08. The third-order valence-corrected chi connectivity index (χ3v) is 3.00. The lowest BCUT2D eigenvalue weighted by atomic mass is 10.1. The second kappa shape index (κ2) is 5.44. The number of nitrogens with one attached hydrogen (secondary N) is 1. The highest BCUT2D eigenvalue weighted by atomic mass is 16.4. The van der Waals surface area contributed by atoms with Gasteiger partial charge >= 0.3 is 5.97 Å². The van der Waals surface area contributed by atoms with E-state index in [1.807, 2.05) is 31.2 Å². The van der Waals surface area contributed by atoms with Gasteiger partial charge in [-0.15, -0.1) is 0 Å². The van der Waals surface area contributed by atoms with Gasteiger partial charge in [0.05, 0.1) is 11.3 Å². The van der Waals surface area contributed by atoms with E-state index in [4.69, 9.17) is 10.8 Å². The van der Waals surface area contributed by atoms with Gasteiger partial charge in [-0.3, -0.25) is 0 Å². The zero-order valence-electron chi connectivity index (χ0n) is 10.7. The summed E-state index contributed by atoms with van der Waals surface area (Å²) in [6, 6.07) is 12.7. The summed E-state index contributed by atoms with van der Waals surface area (Å²) < 4.78 is 0. The Hall–Kier alpha value is -2.49. The standard InChI is InChI=1S/C15H16N2O2/c1-10-4-2-3-5-11(10)9-17-14-8-12(16)6-7-13(14)15(18)19/h2-8,17H,9,16H2,1H3,(H,18,19). The molecule has 0 fully saturated rings. The topological polar surface area (TPSA) is 75.3 Å². The highest BCUT2D eigenvalue weighted by molar-refractivity contribution is 5.95. The van der Waals surface area contributed by atoms with Crippen LogP contribution in [-0.2, 0) is 6.54 Å². The van der Waals surface area contributed by atoms with Crippen LogP contribution in [0.1, 0.15) is 21.5 Å². The fourth-order valence-electron chi connectivity index (χ4n) is 1.89. The van der Waals surface area contributed by atoms with Gasteiger partial charge in [-0.2, -0.15) is 0 Å². The first-order valence-electron chi connectivity index (χ1n) is 5.99. The van der Waals surface area contributed by atoms with Gasteiger partial charge in [-0.25, -0.2) is 4.79 Å². The van der Waals surface area contributed by atoms with Crippen LogP contribution in [0.3, 0.4) is 0 Å². The number of benzene rings is 2. The van der Waals surface area contributed by atoms with E-state index >= 15 is 0 Å². The van der Waals surface area contributed by atoms with E-state index in [0.29, 0.717) is 17.9 Å². The molecule has 98 valence electrons. The zero-order chi connectivity index (χ0) is 13.8. The van der Waals surface area contributed by atoms with E-state index in [0.717, 1.165) is 11.1 Å². The maximum atomic E-state index is 11.1. The second-order valence-electron chi connectivity index (χ2n) is 4.39. The number of hydrogen-bond donors (Lipinski definition) is 3. The van der Waals surface area contributed by atoms with E-state index in [1.165, 1.54) is 6.07 Å². The largest absolute Gasteiger partial charge is 0.478 e. The first-order valence-corrected chi connectivity index (χ1v) is 5.99. The van der Waals surface area contributed by atoms with Crippen LogP contribution >= 0.6 is 0 Å². The van der Waals surface area contributed by atoms with Crippen LogP contribution in [0, 0.1) is 6.92 Å². The predicted octanol–water partition coefficient (Wildman–Crippen LogP) is 2.89. The van der Waals surface area contributed by atoms with Gasteiger partial charge in [0, 0.05) is 12.2 Å². The Kier molecular flexibility index (Phi) is 3.71. The monoisotopic (exact) mass is 256 g/mol. The molecular weight excluding hydrogens is 240 g/mol. The summed E-state index contributed by atoms with van der Waals surface area (Å²) in [5, 5.41) is 12.3. The van der Waals surface area contributed by atoms with Crippen LogP contribution in [0.2, 0.25) is 0 Å². The number of carboxylic acid groups (broad SMARTS) is 1. The molecule has 0 saturated heterocycles. The van der Waals surface area contributed by atoms with Crippen LogP contribution in [0.15, 0.2) is 42.5 Å². The van der Waals surface area contributed by atoms with Crippen molar-refractivity contribution in [1.29, 1.82) is 0 Å². The van der Waals surface area contributed by atoms with Gasteiger partial charge in [-0.05, 0) is 36.2 Å². The molecule has 4 heteroatoms. The first kappa shape index (κ1) is 13.0. The second-order valence-corrected chi connectivity index (χ2v) is 4.39. The molecule has 2 aromatic carbocycles. The van der Waals surface area contributed by atoms with Crippen molar-refractivity contribution < 1.29 is 9.90 Å². The van der Waals surface area contributed by atoms with E-state index in [-0.39, 0.29) is 5.56 Å². The summed E-state index contributed by atoms with van der Waals surface area (Å²) in [6.45, 7) is 2.59. The molecular formula is C15H16N2O2. The maximum absolute atomic E-state index is 11.1. The fourth-order valence-corrected chi connectivity index (χ4v) is 1.89. The van der Waals surface area contributed by atoms with E-state index in [1.54, 1.807) is 12.1 Å². The van der Waals surface area contributed by atoms with Crippen molar-refractivity contribution in [2.75, 3.05) is 11.1 Å². The molecule has 2 rings (SSSR count). The van der Waals surface area contributed by atoms with Gasteiger partial charge in [0.25, 0.3) is 0 Å². The lowest BCUT2D eigenvalue weighted by Crippen LogP contribution is -2.07. The number of carboxylic acids is 1. The van der Waals surface area contributed by atoms with Crippen molar-refractivity contribution in [2.45, 2.75) is 13.5 Å². The smallest absolute Gasteiger partial charge is 0.337 e. The van der Waals surface area contributed by atoms with Crippen molar-refractivity contribution in [3.63, 3.8) is 0 Å². The molecule has 0 aliphatic heterocycles. The molecule has 0 aliphatic carbocycles. The molecule has 0 aliphatic rings. The minimum absolute atomic E-state index is 0.225. The van der Waals surface area contributed by atoms with Crippen molar-refractivity contribution >= 4 is 17.3 Å². The molecule has 0 atom stereocenters. The average molecular weight is 256 g/mol. The third kappa shape index (κ3) is 3.04. The highest BCUT2D eigenvalue weighted by Gasteiger charge is 2.10. The number of nitrogen functional groups attached to an aromatic ring is 1. The molecule has 0 heterocycles. The number of nitrogens with two attached hydrogens (primary N) is 1. The number of carbonyl (C=O) groups is 1. The SMILES string of the molecule is Cc1ccccc1CNc1cc(N)ccc1C(=O)O. The molecule has 0 spiro atoms. The Morgan fingerprint density at radius 1 is 1.26 bits per heavy atom. The van der Waals surface area contributed by atoms with Crippen molar-refractivity contribution in [3.05, 3.63) is 59.2 Å². The third-order valence-electron chi connectivity index (χ3n) is 3.00. The summed E-state index contributed by atoms with van der Waals surface area (Å²) in [6.07, 6.45) is 0. The van der Waals surface area contributed by atoms with Crippen LogP contribution in [0.5, 0.6) is 0 Å². The summed E-state index contributed by atoms with van der Waals surface area (Å²) >= 11 is 0.